The molecule has 1 saturated heterocycles. The molecular formula is C28H35N7O3S. The summed E-state index contributed by atoms with van der Waals surface area (Å²) in [6.45, 7) is 5.67. The highest BCUT2D eigenvalue weighted by Gasteiger charge is 2.23. The van der Waals surface area contributed by atoms with Gasteiger partial charge in [0, 0.05) is 29.9 Å². The number of aromatic amines is 1. The van der Waals surface area contributed by atoms with Crippen molar-refractivity contribution in [2.45, 2.75) is 43.7 Å². The third kappa shape index (κ3) is 6.29. The van der Waals surface area contributed by atoms with E-state index in [1.165, 1.54) is 4.57 Å². The van der Waals surface area contributed by atoms with Crippen molar-refractivity contribution < 1.29 is 8.42 Å². The molecule has 11 heteroatoms. The Morgan fingerprint density at radius 3 is 2.59 bits per heavy atom. The molecule has 0 spiro atoms. The first kappa shape index (κ1) is 27.2. The number of nitrogens with two attached hydrogens (primary N) is 1. The smallest absolute Gasteiger partial charge is 0.339 e. The summed E-state index contributed by atoms with van der Waals surface area (Å²) in [4.78, 5) is 20.5. The van der Waals surface area contributed by atoms with E-state index in [9.17, 15) is 13.2 Å². The summed E-state index contributed by atoms with van der Waals surface area (Å²) in [5.74, 6) is 0. The summed E-state index contributed by atoms with van der Waals surface area (Å²) in [5.41, 5.74) is 9.70. The van der Waals surface area contributed by atoms with E-state index in [4.69, 9.17) is 5.73 Å². The number of aryl methyl sites for hydroxylation is 1. The fourth-order valence-electron chi connectivity index (χ4n) is 4.91. The average molecular weight is 550 g/mol. The molecule has 5 rings (SSSR count). The van der Waals surface area contributed by atoms with E-state index in [-0.39, 0.29) is 16.6 Å². The second-order valence-corrected chi connectivity index (χ2v) is 11.7. The monoisotopic (exact) mass is 549 g/mol. The van der Waals surface area contributed by atoms with Crippen molar-refractivity contribution in [3.8, 4) is 16.9 Å². The lowest BCUT2D eigenvalue weighted by Crippen LogP contribution is -2.42. The van der Waals surface area contributed by atoms with Crippen LogP contribution in [-0.2, 0) is 16.6 Å². The van der Waals surface area contributed by atoms with Crippen LogP contribution in [0.4, 0.5) is 0 Å². The molecule has 0 saturated carbocycles. The maximum Gasteiger partial charge on any atom is 0.354 e. The van der Waals surface area contributed by atoms with Crippen molar-refractivity contribution in [2.75, 3.05) is 26.2 Å². The van der Waals surface area contributed by atoms with Crippen LogP contribution in [0.25, 0.3) is 28.0 Å². The van der Waals surface area contributed by atoms with Crippen LogP contribution in [-0.4, -0.2) is 55.2 Å². The van der Waals surface area contributed by atoms with Gasteiger partial charge in [-0.1, -0.05) is 18.2 Å². The van der Waals surface area contributed by atoms with Gasteiger partial charge in [-0.15, -0.1) is 0 Å². The molecular weight excluding hydrogens is 514 g/mol. The minimum Gasteiger partial charge on any atom is -0.339 e. The van der Waals surface area contributed by atoms with Crippen LogP contribution in [0.2, 0.25) is 0 Å². The fraction of sp³-hybridized carbons (Fsp3) is 0.357. The molecule has 0 bridgehead atoms. The lowest BCUT2D eigenvalue weighted by Gasteiger charge is -2.24. The van der Waals surface area contributed by atoms with Crippen LogP contribution >= 0.6 is 0 Å². The lowest BCUT2D eigenvalue weighted by atomic mass is 10.1. The van der Waals surface area contributed by atoms with Crippen LogP contribution in [0.15, 0.2) is 64.4 Å². The molecule has 0 unspecified atom stereocenters. The van der Waals surface area contributed by atoms with Gasteiger partial charge in [0.25, 0.3) is 0 Å². The van der Waals surface area contributed by atoms with Gasteiger partial charge in [-0.25, -0.2) is 17.9 Å². The van der Waals surface area contributed by atoms with Crippen molar-refractivity contribution in [1.29, 1.82) is 0 Å². The minimum absolute atomic E-state index is 0.0581. The standard InChI is InChI=1S/C28H35N7O3S/c1-19-15-21(5-8-26(19)39(37,38)34-23-9-13-30-14-10-23)25-16-22-18-35(28(36)33-27(22)32-25)24-6-3-20(4-7-24)17-31-12-2-11-29/h3-8,15-16,18,23,30-31,34H,2,9-14,17,29H2,1H3,(H,32,33,36). The van der Waals surface area contributed by atoms with E-state index in [0.717, 1.165) is 73.3 Å². The van der Waals surface area contributed by atoms with Gasteiger partial charge in [0.15, 0.2) is 0 Å². The Morgan fingerprint density at radius 2 is 1.87 bits per heavy atom. The summed E-state index contributed by atoms with van der Waals surface area (Å²) >= 11 is 0. The predicted octanol–water partition coefficient (Wildman–Crippen LogP) is 2.16. The molecule has 1 aliphatic heterocycles. The number of piperidine rings is 1. The van der Waals surface area contributed by atoms with E-state index < -0.39 is 10.0 Å². The quantitative estimate of drug-likeness (QED) is 0.191. The Balaban J connectivity index is 1.36. The highest BCUT2D eigenvalue weighted by atomic mass is 32.2. The number of sulfonamides is 1. The number of hydrogen-bond acceptors (Lipinski definition) is 7. The molecule has 6 N–H and O–H groups in total. The summed E-state index contributed by atoms with van der Waals surface area (Å²) < 4.78 is 30.4. The van der Waals surface area contributed by atoms with Gasteiger partial charge in [-0.05, 0) is 99.4 Å². The Kier molecular flexibility index (Phi) is 8.24. The van der Waals surface area contributed by atoms with Gasteiger partial charge >= 0.3 is 5.69 Å². The summed E-state index contributed by atoms with van der Waals surface area (Å²) in [5, 5.41) is 7.37. The molecule has 0 amide bonds. The Bertz CT molecular complexity index is 1600. The molecule has 10 nitrogen and oxygen atoms in total. The first-order valence-electron chi connectivity index (χ1n) is 13.3. The average Bonchev–Trinajstić information content (AvgIpc) is 3.34. The highest BCUT2D eigenvalue weighted by molar-refractivity contribution is 7.89. The second-order valence-electron chi connectivity index (χ2n) is 9.99. The van der Waals surface area contributed by atoms with Crippen molar-refractivity contribution in [2.24, 2.45) is 5.73 Å². The van der Waals surface area contributed by atoms with E-state index in [2.05, 4.69) is 25.3 Å². The molecule has 4 aromatic rings. The predicted molar refractivity (Wildman–Crippen MR) is 153 cm³/mol. The van der Waals surface area contributed by atoms with E-state index >= 15 is 0 Å². The highest BCUT2D eigenvalue weighted by Crippen LogP contribution is 2.27. The number of nitrogens with zero attached hydrogens (tertiary/aromatic N) is 2. The largest absolute Gasteiger partial charge is 0.354 e. The Hall–Kier alpha value is -3.35. The number of rotatable bonds is 10. The van der Waals surface area contributed by atoms with Crippen LogP contribution < -0.4 is 26.8 Å². The SMILES string of the molecule is Cc1cc(-c2cc3cn(-c4ccc(CNCCCN)cc4)c(=O)nc3[nH]2)ccc1S(=O)(=O)NC1CCNCC1. The van der Waals surface area contributed by atoms with Crippen molar-refractivity contribution in [3.05, 3.63) is 76.3 Å². The molecule has 0 atom stereocenters. The fourth-order valence-corrected chi connectivity index (χ4v) is 6.44. The van der Waals surface area contributed by atoms with Gasteiger partial charge in [0.2, 0.25) is 10.0 Å². The molecule has 0 aliphatic carbocycles. The van der Waals surface area contributed by atoms with Gasteiger partial charge in [0.1, 0.15) is 5.65 Å². The first-order valence-corrected chi connectivity index (χ1v) is 14.8. The molecule has 2 aromatic heterocycles. The van der Waals surface area contributed by atoms with Crippen LogP contribution in [0, 0.1) is 6.92 Å². The number of fused-ring (bicyclic) bond motifs is 1. The lowest BCUT2D eigenvalue weighted by molar-refractivity contribution is 0.427. The number of nitrogens with one attached hydrogen (secondary N) is 4. The summed E-state index contributed by atoms with van der Waals surface area (Å²) in [7, 11) is -3.62. The molecule has 3 heterocycles. The number of hydrogen-bond donors (Lipinski definition) is 5. The normalized spacial score (nSPS) is 14.7. The zero-order chi connectivity index (χ0) is 27.4. The number of benzene rings is 2. The topological polar surface area (TPSA) is 147 Å². The maximum atomic E-state index is 13.0. The van der Waals surface area contributed by atoms with Crippen LogP contribution in [0.3, 0.4) is 0 Å². The molecule has 1 fully saturated rings. The third-order valence-electron chi connectivity index (χ3n) is 7.05. The zero-order valence-electron chi connectivity index (χ0n) is 22.0. The van der Waals surface area contributed by atoms with Gasteiger partial charge in [-0.2, -0.15) is 4.98 Å². The van der Waals surface area contributed by atoms with Crippen molar-refractivity contribution >= 4 is 21.1 Å². The molecule has 39 heavy (non-hydrogen) atoms. The van der Waals surface area contributed by atoms with Crippen LogP contribution in [0.5, 0.6) is 0 Å². The molecule has 0 radical (unpaired) electrons. The molecule has 206 valence electrons. The van der Waals surface area contributed by atoms with Gasteiger partial charge in [0.05, 0.1) is 10.6 Å². The van der Waals surface area contributed by atoms with E-state index in [1.54, 1.807) is 25.3 Å². The van der Waals surface area contributed by atoms with Crippen LogP contribution in [0.1, 0.15) is 30.4 Å². The maximum absolute atomic E-state index is 13.0. The van der Waals surface area contributed by atoms with Gasteiger partial charge < -0.3 is 21.4 Å². The first-order chi connectivity index (χ1) is 18.8. The number of H-pyrrole nitrogens is 1. The second kappa shape index (κ2) is 11.8. The number of aromatic nitrogens is 3. The van der Waals surface area contributed by atoms with Gasteiger partial charge in [-0.3, -0.25) is 4.57 Å². The molecule has 1 aliphatic rings. The van der Waals surface area contributed by atoms with Crippen molar-refractivity contribution in [3.63, 3.8) is 0 Å². The minimum atomic E-state index is -3.62. The summed E-state index contributed by atoms with van der Waals surface area (Å²) in [6.07, 6.45) is 4.25. The van der Waals surface area contributed by atoms with Crippen molar-refractivity contribution in [1.82, 2.24) is 29.9 Å². The van der Waals surface area contributed by atoms with E-state index in [0.29, 0.717) is 17.8 Å². The van der Waals surface area contributed by atoms with E-state index in [1.807, 2.05) is 36.4 Å². The Labute approximate surface area is 228 Å². The zero-order valence-corrected chi connectivity index (χ0v) is 22.9. The Morgan fingerprint density at radius 1 is 1.10 bits per heavy atom. The molecule has 2 aromatic carbocycles. The summed E-state index contributed by atoms with van der Waals surface area (Å²) in [6, 6.07) is 14.9. The third-order valence-corrected chi connectivity index (χ3v) is 8.73.